The van der Waals surface area contributed by atoms with Crippen molar-refractivity contribution in [2.24, 2.45) is 23.4 Å². The maximum absolute atomic E-state index is 13.1. The predicted molar refractivity (Wildman–Crippen MR) is 159 cm³/mol. The van der Waals surface area contributed by atoms with Crippen LogP contribution in [0.25, 0.3) is 0 Å². The molecule has 1 aromatic rings. The van der Waals surface area contributed by atoms with E-state index >= 15 is 0 Å². The molecule has 0 bridgehead atoms. The van der Waals surface area contributed by atoms with E-state index < -0.39 is 47.8 Å². The molecular formula is C29H49N7O6. The number of nitrogens with one attached hydrogen (secondary N) is 5. The summed E-state index contributed by atoms with van der Waals surface area (Å²) in [4.78, 5) is 63.6. The Morgan fingerprint density at radius 3 is 1.86 bits per heavy atom. The second kappa shape index (κ2) is 18.7. The quantitative estimate of drug-likeness (QED) is 0.0625. The summed E-state index contributed by atoms with van der Waals surface area (Å²) in [7, 11) is 0. The molecule has 1 aromatic carbocycles. The lowest BCUT2D eigenvalue weighted by molar-refractivity contribution is -0.134. The number of benzene rings is 1. The Hall–Kier alpha value is -3.71. The summed E-state index contributed by atoms with van der Waals surface area (Å²) >= 11 is 0. The molecule has 0 spiro atoms. The summed E-state index contributed by atoms with van der Waals surface area (Å²) in [6, 6.07) is 2.74. The number of rotatable bonds is 19. The molecule has 0 saturated heterocycles. The highest BCUT2D eigenvalue weighted by Gasteiger charge is 2.30. The average molecular weight is 592 g/mol. The fourth-order valence-electron chi connectivity index (χ4n) is 4.23. The molecule has 236 valence electrons. The van der Waals surface area contributed by atoms with Crippen LogP contribution in [0.3, 0.4) is 0 Å². The normalized spacial score (nSPS) is 14.0. The van der Waals surface area contributed by atoms with Gasteiger partial charge in [-0.2, -0.15) is 0 Å². The molecule has 0 aliphatic heterocycles. The number of aryl methyl sites for hydroxylation is 1. The lowest BCUT2D eigenvalue weighted by Crippen LogP contribution is -2.57. The molecule has 1 rings (SSSR count). The lowest BCUT2D eigenvalue weighted by Gasteiger charge is -2.26. The summed E-state index contributed by atoms with van der Waals surface area (Å²) in [6.07, 6.45) is 1.96. The third-order valence-electron chi connectivity index (χ3n) is 6.50. The van der Waals surface area contributed by atoms with Gasteiger partial charge in [-0.15, -0.1) is 0 Å². The molecule has 13 nitrogen and oxygen atoms in total. The Labute approximate surface area is 248 Å². The summed E-state index contributed by atoms with van der Waals surface area (Å²) in [5, 5.41) is 20.1. The number of hydrogen-bond donors (Lipinski definition) is 8. The van der Waals surface area contributed by atoms with Crippen molar-refractivity contribution >= 4 is 29.5 Å². The number of phenolic OH excluding ortho intramolecular Hbond substituents is 1. The Morgan fingerprint density at radius 1 is 0.762 bits per heavy atom. The number of aromatic hydroxyl groups is 1. The minimum atomic E-state index is -1.02. The zero-order valence-corrected chi connectivity index (χ0v) is 25.4. The SMILES string of the molecule is CC(C)C[C@H](NC(=O)[C@H](C)NC(=O)[C@H](CCCNN)NC(=O)CCc1ccc(O)cc1)C(=O)N[C@H](CC(C)C)C(N)=O. The van der Waals surface area contributed by atoms with Crippen LogP contribution in [-0.4, -0.2) is 65.4 Å². The number of carbonyl (C=O) groups excluding carboxylic acids is 5. The van der Waals surface area contributed by atoms with Gasteiger partial charge in [0.15, 0.2) is 0 Å². The molecule has 0 radical (unpaired) electrons. The van der Waals surface area contributed by atoms with Gasteiger partial charge in [0.05, 0.1) is 0 Å². The molecule has 5 amide bonds. The highest BCUT2D eigenvalue weighted by atomic mass is 16.3. The van der Waals surface area contributed by atoms with Crippen molar-refractivity contribution in [2.75, 3.05) is 6.54 Å². The number of amides is 5. The number of nitrogens with two attached hydrogens (primary N) is 2. The molecule has 4 atom stereocenters. The topological polar surface area (TPSA) is 218 Å². The van der Waals surface area contributed by atoms with Crippen LogP contribution in [-0.2, 0) is 30.4 Å². The number of hydrazine groups is 1. The smallest absolute Gasteiger partial charge is 0.243 e. The van der Waals surface area contributed by atoms with Crippen molar-refractivity contribution < 1.29 is 29.1 Å². The van der Waals surface area contributed by atoms with E-state index in [1.165, 1.54) is 19.1 Å². The summed E-state index contributed by atoms with van der Waals surface area (Å²) in [5.41, 5.74) is 8.82. The molecule has 0 aliphatic carbocycles. The van der Waals surface area contributed by atoms with Gasteiger partial charge in [-0.25, -0.2) is 0 Å². The van der Waals surface area contributed by atoms with E-state index in [0.29, 0.717) is 32.2 Å². The van der Waals surface area contributed by atoms with Crippen LogP contribution in [0.2, 0.25) is 0 Å². The fraction of sp³-hybridized carbons (Fsp3) is 0.621. The van der Waals surface area contributed by atoms with E-state index in [9.17, 15) is 29.1 Å². The van der Waals surface area contributed by atoms with E-state index in [2.05, 4.69) is 26.7 Å². The molecule has 0 fully saturated rings. The third-order valence-corrected chi connectivity index (χ3v) is 6.50. The third kappa shape index (κ3) is 14.3. The van der Waals surface area contributed by atoms with E-state index in [-0.39, 0.29) is 36.3 Å². The molecule has 0 heterocycles. The predicted octanol–water partition coefficient (Wildman–Crippen LogP) is 0.105. The fourth-order valence-corrected chi connectivity index (χ4v) is 4.23. The first-order valence-corrected chi connectivity index (χ1v) is 14.4. The number of phenols is 1. The largest absolute Gasteiger partial charge is 0.508 e. The Morgan fingerprint density at radius 2 is 1.31 bits per heavy atom. The second-order valence-electron chi connectivity index (χ2n) is 11.4. The van der Waals surface area contributed by atoms with Crippen molar-refractivity contribution in [3.63, 3.8) is 0 Å². The van der Waals surface area contributed by atoms with Gasteiger partial charge in [-0.1, -0.05) is 39.8 Å². The van der Waals surface area contributed by atoms with Crippen LogP contribution >= 0.6 is 0 Å². The number of carbonyl (C=O) groups is 5. The molecule has 0 aliphatic rings. The van der Waals surface area contributed by atoms with Gasteiger partial charge >= 0.3 is 0 Å². The van der Waals surface area contributed by atoms with Crippen molar-refractivity contribution in [1.82, 2.24) is 26.7 Å². The Balaban J connectivity index is 2.85. The molecule has 13 heteroatoms. The summed E-state index contributed by atoms with van der Waals surface area (Å²) in [5.74, 6) is 2.94. The second-order valence-corrected chi connectivity index (χ2v) is 11.4. The molecule has 10 N–H and O–H groups in total. The van der Waals surface area contributed by atoms with Gasteiger partial charge < -0.3 is 32.1 Å². The van der Waals surface area contributed by atoms with E-state index in [4.69, 9.17) is 11.6 Å². The van der Waals surface area contributed by atoms with Crippen LogP contribution in [0.15, 0.2) is 24.3 Å². The maximum Gasteiger partial charge on any atom is 0.243 e. The molecule has 0 unspecified atom stereocenters. The highest BCUT2D eigenvalue weighted by molar-refractivity contribution is 5.95. The van der Waals surface area contributed by atoms with Crippen LogP contribution in [0, 0.1) is 11.8 Å². The number of primary amides is 1. The number of hydrogen-bond acceptors (Lipinski definition) is 8. The van der Waals surface area contributed by atoms with E-state index in [1.807, 2.05) is 27.7 Å². The van der Waals surface area contributed by atoms with E-state index in [1.54, 1.807) is 12.1 Å². The van der Waals surface area contributed by atoms with E-state index in [0.717, 1.165) is 5.56 Å². The monoisotopic (exact) mass is 591 g/mol. The van der Waals surface area contributed by atoms with Gasteiger partial charge in [0.1, 0.15) is 29.9 Å². The van der Waals surface area contributed by atoms with Gasteiger partial charge in [0.2, 0.25) is 29.5 Å². The van der Waals surface area contributed by atoms with Crippen LogP contribution < -0.4 is 38.3 Å². The minimum absolute atomic E-state index is 0.0420. The first-order valence-electron chi connectivity index (χ1n) is 14.4. The van der Waals surface area contributed by atoms with Crippen LogP contribution in [0.5, 0.6) is 5.75 Å². The Bertz CT molecular complexity index is 1030. The van der Waals surface area contributed by atoms with Crippen LogP contribution in [0.4, 0.5) is 0 Å². The standard InChI is InChI=1S/C29H49N7O6/c1-17(2)15-23(26(30)39)35-29(42)24(16-18(3)4)36-27(40)19(5)33-28(41)22(7-6-14-32-31)34-25(38)13-10-20-8-11-21(37)12-9-20/h8-9,11-12,17-19,22-24,32,37H,6-7,10,13-16,31H2,1-5H3,(H2,30,39)(H,33,41)(H,34,38)(H,35,42)(H,36,40)/t19-,22-,23+,24-/m0/s1. The maximum atomic E-state index is 13.1. The minimum Gasteiger partial charge on any atom is -0.508 e. The van der Waals surface area contributed by atoms with Crippen molar-refractivity contribution in [3.8, 4) is 5.75 Å². The zero-order chi connectivity index (χ0) is 31.8. The average Bonchev–Trinajstić information content (AvgIpc) is 2.90. The van der Waals surface area contributed by atoms with Crippen molar-refractivity contribution in [1.29, 1.82) is 0 Å². The van der Waals surface area contributed by atoms with Crippen LogP contribution in [0.1, 0.15) is 72.3 Å². The molecule has 0 saturated carbocycles. The van der Waals surface area contributed by atoms with Gasteiger partial charge in [0, 0.05) is 13.0 Å². The molecule has 42 heavy (non-hydrogen) atoms. The van der Waals surface area contributed by atoms with Gasteiger partial charge in [0.25, 0.3) is 0 Å². The summed E-state index contributed by atoms with van der Waals surface area (Å²) < 4.78 is 0. The first kappa shape index (κ1) is 36.3. The molecular weight excluding hydrogens is 542 g/mol. The lowest BCUT2D eigenvalue weighted by atomic mass is 10.00. The van der Waals surface area contributed by atoms with Crippen molar-refractivity contribution in [2.45, 2.75) is 97.3 Å². The van der Waals surface area contributed by atoms with Crippen molar-refractivity contribution in [3.05, 3.63) is 29.8 Å². The molecule has 0 aromatic heterocycles. The summed E-state index contributed by atoms with van der Waals surface area (Å²) in [6.45, 7) is 9.48. The van der Waals surface area contributed by atoms with Gasteiger partial charge in [-0.05, 0) is 68.6 Å². The zero-order valence-electron chi connectivity index (χ0n) is 25.4. The first-order chi connectivity index (χ1) is 19.7. The highest BCUT2D eigenvalue weighted by Crippen LogP contribution is 2.12. The Kier molecular flexibility index (Phi) is 16.1. The van der Waals surface area contributed by atoms with Gasteiger partial charge in [-0.3, -0.25) is 35.2 Å².